The maximum absolute atomic E-state index is 13.0. The van der Waals surface area contributed by atoms with Gasteiger partial charge in [0.2, 0.25) is 11.7 Å². The van der Waals surface area contributed by atoms with E-state index in [2.05, 4.69) is 20.2 Å². The highest BCUT2D eigenvalue weighted by molar-refractivity contribution is 5.91. The molecule has 0 bridgehead atoms. The van der Waals surface area contributed by atoms with E-state index in [0.717, 1.165) is 30.1 Å². The van der Waals surface area contributed by atoms with Crippen molar-refractivity contribution in [2.75, 3.05) is 13.1 Å². The first kappa shape index (κ1) is 18.1. The Morgan fingerprint density at radius 1 is 1.21 bits per heavy atom. The van der Waals surface area contributed by atoms with Gasteiger partial charge in [-0.05, 0) is 32.8 Å². The van der Waals surface area contributed by atoms with Crippen molar-refractivity contribution >= 4 is 17.6 Å². The lowest BCUT2D eigenvalue weighted by Gasteiger charge is -2.31. The van der Waals surface area contributed by atoms with Crippen LogP contribution >= 0.6 is 0 Å². The fraction of sp³-hybridized carbons (Fsp3) is 0.444. The third-order valence-electron chi connectivity index (χ3n) is 5.11. The molecular formula is C18H22N8O2. The second-order valence-electron chi connectivity index (χ2n) is 7.14. The van der Waals surface area contributed by atoms with Gasteiger partial charge in [0.1, 0.15) is 12.4 Å². The molecule has 4 heterocycles. The number of imidazole rings is 1. The fourth-order valence-corrected chi connectivity index (χ4v) is 3.83. The standard InChI is InChI=1S/C18H22N8O2/c1-11-9-12(2)26-16(22-23-18(26)21-11)17(28)24-6-3-13(4-7-24)15-20-5-8-25(15)10-14(19)27/h5,8-9,13H,3-4,6-7,10H2,1-2H3,(H2,19,27). The van der Waals surface area contributed by atoms with Gasteiger partial charge in [-0.3, -0.25) is 14.0 Å². The Balaban J connectivity index is 1.49. The zero-order valence-electron chi connectivity index (χ0n) is 15.9. The van der Waals surface area contributed by atoms with E-state index in [4.69, 9.17) is 5.73 Å². The van der Waals surface area contributed by atoms with Crippen LogP contribution in [0.4, 0.5) is 0 Å². The van der Waals surface area contributed by atoms with Gasteiger partial charge < -0.3 is 15.2 Å². The van der Waals surface area contributed by atoms with Crippen molar-refractivity contribution in [2.24, 2.45) is 5.73 Å². The Labute approximate surface area is 161 Å². The fourth-order valence-electron chi connectivity index (χ4n) is 3.83. The highest BCUT2D eigenvalue weighted by Gasteiger charge is 2.29. The number of rotatable bonds is 4. The second kappa shape index (κ2) is 7.02. The van der Waals surface area contributed by atoms with Crippen LogP contribution in [-0.4, -0.2) is 58.9 Å². The zero-order chi connectivity index (χ0) is 19.8. The Bertz CT molecular complexity index is 1050. The number of amides is 2. The number of fused-ring (bicyclic) bond motifs is 1. The van der Waals surface area contributed by atoms with Crippen LogP contribution in [0, 0.1) is 13.8 Å². The zero-order valence-corrected chi connectivity index (χ0v) is 15.9. The van der Waals surface area contributed by atoms with Gasteiger partial charge in [-0.2, -0.15) is 0 Å². The number of piperidine rings is 1. The number of nitrogens with two attached hydrogens (primary N) is 1. The van der Waals surface area contributed by atoms with E-state index in [-0.39, 0.29) is 24.2 Å². The summed E-state index contributed by atoms with van der Waals surface area (Å²) in [5.41, 5.74) is 7.02. The first-order valence-electron chi connectivity index (χ1n) is 9.22. The first-order valence-corrected chi connectivity index (χ1v) is 9.22. The summed E-state index contributed by atoms with van der Waals surface area (Å²) in [6, 6.07) is 1.90. The van der Waals surface area contributed by atoms with Crippen LogP contribution < -0.4 is 5.73 Å². The van der Waals surface area contributed by atoms with E-state index < -0.39 is 5.91 Å². The summed E-state index contributed by atoms with van der Waals surface area (Å²) in [5.74, 6) is 1.19. The van der Waals surface area contributed by atoms with Crippen molar-refractivity contribution in [3.8, 4) is 0 Å². The van der Waals surface area contributed by atoms with Crippen LogP contribution in [0.25, 0.3) is 5.78 Å². The molecule has 0 radical (unpaired) electrons. The van der Waals surface area contributed by atoms with Gasteiger partial charge in [-0.15, -0.1) is 10.2 Å². The third-order valence-corrected chi connectivity index (χ3v) is 5.11. The molecule has 2 N–H and O–H groups in total. The molecule has 4 rings (SSSR count). The molecule has 28 heavy (non-hydrogen) atoms. The summed E-state index contributed by atoms with van der Waals surface area (Å²) in [6.45, 7) is 5.08. The molecule has 10 heteroatoms. The number of aromatic nitrogens is 6. The van der Waals surface area contributed by atoms with Crippen molar-refractivity contribution in [1.82, 2.24) is 34.0 Å². The lowest BCUT2D eigenvalue weighted by atomic mass is 9.95. The van der Waals surface area contributed by atoms with E-state index in [0.29, 0.717) is 18.9 Å². The average molecular weight is 382 g/mol. The van der Waals surface area contributed by atoms with Gasteiger partial charge >= 0.3 is 0 Å². The molecule has 0 aliphatic carbocycles. The number of primary amides is 1. The molecule has 1 fully saturated rings. The number of carbonyl (C=O) groups excluding carboxylic acids is 2. The molecule has 2 amide bonds. The van der Waals surface area contributed by atoms with Crippen molar-refractivity contribution in [1.29, 1.82) is 0 Å². The summed E-state index contributed by atoms with van der Waals surface area (Å²) in [6.07, 6.45) is 4.96. The summed E-state index contributed by atoms with van der Waals surface area (Å²) >= 11 is 0. The van der Waals surface area contributed by atoms with Gasteiger partial charge in [-0.25, -0.2) is 9.97 Å². The molecule has 146 valence electrons. The quantitative estimate of drug-likeness (QED) is 0.698. The van der Waals surface area contributed by atoms with Crippen LogP contribution in [0.15, 0.2) is 18.5 Å². The Hall–Kier alpha value is -3.30. The summed E-state index contributed by atoms with van der Waals surface area (Å²) in [7, 11) is 0. The molecule has 3 aromatic heterocycles. The number of hydrogen-bond acceptors (Lipinski definition) is 6. The predicted octanol–water partition coefficient (Wildman–Crippen LogP) is 0.443. The number of hydrogen-bond donors (Lipinski definition) is 1. The monoisotopic (exact) mass is 382 g/mol. The molecule has 0 unspecified atom stereocenters. The maximum Gasteiger partial charge on any atom is 0.292 e. The third kappa shape index (κ3) is 3.21. The Kier molecular flexibility index (Phi) is 4.54. The van der Waals surface area contributed by atoms with E-state index in [9.17, 15) is 9.59 Å². The van der Waals surface area contributed by atoms with Crippen LogP contribution in [0.1, 0.15) is 46.6 Å². The van der Waals surface area contributed by atoms with Gasteiger partial charge in [-0.1, -0.05) is 0 Å². The minimum absolute atomic E-state index is 0.117. The molecule has 1 aliphatic rings. The first-order chi connectivity index (χ1) is 13.4. The van der Waals surface area contributed by atoms with Crippen LogP contribution in [0.3, 0.4) is 0 Å². The van der Waals surface area contributed by atoms with E-state index in [1.54, 1.807) is 26.3 Å². The van der Waals surface area contributed by atoms with Crippen LogP contribution in [-0.2, 0) is 11.3 Å². The molecule has 0 spiro atoms. The molecule has 10 nitrogen and oxygen atoms in total. The highest BCUT2D eigenvalue weighted by atomic mass is 16.2. The van der Waals surface area contributed by atoms with Crippen LogP contribution in [0.5, 0.6) is 0 Å². The largest absolute Gasteiger partial charge is 0.368 e. The minimum atomic E-state index is -0.398. The highest BCUT2D eigenvalue weighted by Crippen LogP contribution is 2.27. The van der Waals surface area contributed by atoms with Crippen molar-refractivity contribution in [3.63, 3.8) is 0 Å². The normalized spacial score (nSPS) is 15.3. The van der Waals surface area contributed by atoms with E-state index >= 15 is 0 Å². The summed E-state index contributed by atoms with van der Waals surface area (Å²) < 4.78 is 3.48. The molecular weight excluding hydrogens is 360 g/mol. The molecule has 0 saturated carbocycles. The SMILES string of the molecule is Cc1cc(C)n2c(C(=O)N3CCC(c4nccn4CC(N)=O)CC3)nnc2n1. The molecule has 3 aromatic rings. The molecule has 0 atom stereocenters. The molecule has 1 saturated heterocycles. The van der Waals surface area contributed by atoms with Crippen molar-refractivity contribution < 1.29 is 9.59 Å². The predicted molar refractivity (Wildman–Crippen MR) is 99.6 cm³/mol. The van der Waals surface area contributed by atoms with Gasteiger partial charge in [0.25, 0.3) is 11.7 Å². The Morgan fingerprint density at radius 3 is 2.68 bits per heavy atom. The smallest absolute Gasteiger partial charge is 0.292 e. The molecule has 0 aromatic carbocycles. The Morgan fingerprint density at radius 2 is 1.96 bits per heavy atom. The molecule has 1 aliphatic heterocycles. The van der Waals surface area contributed by atoms with Crippen molar-refractivity contribution in [3.05, 3.63) is 41.5 Å². The van der Waals surface area contributed by atoms with Gasteiger partial charge in [0, 0.05) is 42.8 Å². The van der Waals surface area contributed by atoms with Crippen LogP contribution in [0.2, 0.25) is 0 Å². The lowest BCUT2D eigenvalue weighted by molar-refractivity contribution is -0.118. The average Bonchev–Trinajstić information content (AvgIpc) is 3.27. The number of nitrogens with zero attached hydrogens (tertiary/aromatic N) is 7. The number of likely N-dealkylation sites (tertiary alicyclic amines) is 1. The maximum atomic E-state index is 13.0. The van der Waals surface area contributed by atoms with E-state index in [1.165, 1.54) is 0 Å². The van der Waals surface area contributed by atoms with Gasteiger partial charge in [0.15, 0.2) is 0 Å². The van der Waals surface area contributed by atoms with Crippen molar-refractivity contribution in [2.45, 2.75) is 39.2 Å². The lowest BCUT2D eigenvalue weighted by Crippen LogP contribution is -2.39. The van der Waals surface area contributed by atoms with Gasteiger partial charge in [0.05, 0.1) is 0 Å². The number of carbonyl (C=O) groups is 2. The topological polar surface area (TPSA) is 124 Å². The summed E-state index contributed by atoms with van der Waals surface area (Å²) in [5, 5.41) is 8.13. The number of aryl methyl sites for hydroxylation is 2. The van der Waals surface area contributed by atoms with E-state index in [1.807, 2.05) is 19.9 Å². The summed E-state index contributed by atoms with van der Waals surface area (Å²) in [4.78, 5) is 34.8. The second-order valence-corrected chi connectivity index (χ2v) is 7.14. The minimum Gasteiger partial charge on any atom is -0.368 e.